The van der Waals surface area contributed by atoms with E-state index in [-0.39, 0.29) is 4.88 Å². The maximum atomic E-state index is 11.1. The van der Waals surface area contributed by atoms with E-state index in [0.717, 1.165) is 15.9 Å². The Morgan fingerprint density at radius 2 is 2.24 bits per heavy atom. The number of rotatable bonds is 2. The molecule has 0 unspecified atom stereocenters. The van der Waals surface area contributed by atoms with E-state index in [4.69, 9.17) is 5.11 Å². The number of aromatic carboxylic acids is 1. The van der Waals surface area contributed by atoms with Crippen LogP contribution < -0.4 is 0 Å². The second-order valence-electron chi connectivity index (χ2n) is 4.43. The zero-order valence-corrected chi connectivity index (χ0v) is 11.5. The lowest BCUT2D eigenvalue weighted by Crippen LogP contribution is -2.01. The van der Waals surface area contributed by atoms with Crippen LogP contribution in [0.15, 0.2) is 18.7 Å². The molecule has 0 bridgehead atoms. The average Bonchev–Trinajstić information content (AvgIpc) is 3.14. The van der Waals surface area contributed by atoms with Gasteiger partial charge in [-0.25, -0.2) is 24.4 Å². The van der Waals surface area contributed by atoms with Gasteiger partial charge in [-0.2, -0.15) is 5.10 Å². The number of nitrogens with zero attached hydrogens (tertiary/aromatic N) is 5. The summed E-state index contributed by atoms with van der Waals surface area (Å²) >= 11 is 1.17. The van der Waals surface area contributed by atoms with Crippen LogP contribution in [0.4, 0.5) is 0 Å². The molecule has 0 aliphatic heterocycles. The summed E-state index contributed by atoms with van der Waals surface area (Å²) in [6, 6.07) is 1.63. The molecule has 4 aromatic heterocycles. The summed E-state index contributed by atoms with van der Waals surface area (Å²) in [6.07, 6.45) is 2.95. The third-order valence-electron chi connectivity index (χ3n) is 3.16. The molecule has 21 heavy (non-hydrogen) atoms. The lowest BCUT2D eigenvalue weighted by Gasteiger charge is -2.01. The average molecular weight is 300 g/mol. The summed E-state index contributed by atoms with van der Waals surface area (Å²) in [4.78, 5) is 27.5. The number of aryl methyl sites for hydroxylation is 1. The molecule has 0 aliphatic rings. The Kier molecular flexibility index (Phi) is 2.33. The number of imidazole rings is 1. The van der Waals surface area contributed by atoms with E-state index in [0.29, 0.717) is 17.0 Å². The quantitative estimate of drug-likeness (QED) is 0.583. The highest BCUT2D eigenvalue weighted by Gasteiger charge is 2.19. The molecule has 0 saturated heterocycles. The second-order valence-corrected chi connectivity index (χ2v) is 5.46. The predicted molar refractivity (Wildman–Crippen MR) is 75.9 cm³/mol. The van der Waals surface area contributed by atoms with Crippen molar-refractivity contribution >= 4 is 38.7 Å². The molecule has 0 amide bonds. The first-order chi connectivity index (χ1) is 10.1. The smallest absolute Gasteiger partial charge is 0.345 e. The van der Waals surface area contributed by atoms with Gasteiger partial charge in [-0.3, -0.25) is 0 Å². The first-order valence-electron chi connectivity index (χ1n) is 6.02. The highest BCUT2D eigenvalue weighted by Crippen LogP contribution is 2.30. The van der Waals surface area contributed by atoms with Crippen molar-refractivity contribution in [3.05, 3.63) is 29.3 Å². The fourth-order valence-electron chi connectivity index (χ4n) is 2.21. The van der Waals surface area contributed by atoms with Gasteiger partial charge in [0.25, 0.3) is 0 Å². The molecular formula is C12H8N6O2S. The Bertz CT molecular complexity index is 998. The van der Waals surface area contributed by atoms with Gasteiger partial charge < -0.3 is 10.1 Å². The number of hydrogen-bond donors (Lipinski definition) is 2. The molecule has 0 radical (unpaired) electrons. The third kappa shape index (κ3) is 1.64. The first kappa shape index (κ1) is 12.0. The fourth-order valence-corrected chi connectivity index (χ4v) is 3.21. The molecule has 9 heteroatoms. The Morgan fingerprint density at radius 3 is 3.05 bits per heavy atom. The van der Waals surface area contributed by atoms with Crippen molar-refractivity contribution in [1.29, 1.82) is 0 Å². The standard InChI is InChI=1S/C12H8N6O2S/c1-5-6-2-7(12(19)20)21-11(6)18(17-5)10-8-9(14-3-13-8)15-4-16-10/h2-4H,1H3,(H,19,20)(H,13,14,15,16). The van der Waals surface area contributed by atoms with Crippen LogP contribution in [-0.2, 0) is 0 Å². The largest absolute Gasteiger partial charge is 0.477 e. The van der Waals surface area contributed by atoms with Crippen molar-refractivity contribution in [1.82, 2.24) is 29.7 Å². The minimum absolute atomic E-state index is 0.272. The van der Waals surface area contributed by atoms with Gasteiger partial charge >= 0.3 is 5.97 Å². The molecular weight excluding hydrogens is 292 g/mol. The number of H-pyrrole nitrogens is 1. The zero-order chi connectivity index (χ0) is 14.6. The Labute approximate surface area is 121 Å². The summed E-state index contributed by atoms with van der Waals surface area (Å²) in [5, 5.41) is 14.4. The molecule has 4 aromatic rings. The van der Waals surface area contributed by atoms with E-state index in [1.54, 1.807) is 10.7 Å². The van der Waals surface area contributed by atoms with E-state index in [1.807, 2.05) is 6.92 Å². The molecule has 104 valence electrons. The van der Waals surface area contributed by atoms with Gasteiger partial charge in [0.1, 0.15) is 21.6 Å². The van der Waals surface area contributed by atoms with Gasteiger partial charge in [0.15, 0.2) is 11.5 Å². The van der Waals surface area contributed by atoms with Crippen LogP contribution in [0.25, 0.3) is 27.2 Å². The van der Waals surface area contributed by atoms with Crippen LogP contribution in [0.5, 0.6) is 0 Å². The molecule has 4 heterocycles. The number of carboxylic acids is 1. The Balaban J connectivity index is 2.06. The van der Waals surface area contributed by atoms with Gasteiger partial charge in [-0.1, -0.05) is 0 Å². The molecule has 0 spiro atoms. The van der Waals surface area contributed by atoms with Gasteiger partial charge in [-0.05, 0) is 13.0 Å². The molecule has 2 N–H and O–H groups in total. The molecule has 0 fully saturated rings. The van der Waals surface area contributed by atoms with E-state index in [2.05, 4.69) is 25.0 Å². The number of carboxylic acid groups (broad SMARTS) is 1. The van der Waals surface area contributed by atoms with Crippen molar-refractivity contribution < 1.29 is 9.90 Å². The van der Waals surface area contributed by atoms with Crippen molar-refractivity contribution in [3.63, 3.8) is 0 Å². The van der Waals surface area contributed by atoms with E-state index < -0.39 is 5.97 Å². The molecule has 0 aromatic carbocycles. The third-order valence-corrected chi connectivity index (χ3v) is 4.26. The van der Waals surface area contributed by atoms with Crippen LogP contribution in [0.2, 0.25) is 0 Å². The lowest BCUT2D eigenvalue weighted by molar-refractivity contribution is 0.0702. The fraction of sp³-hybridized carbons (Fsp3) is 0.0833. The Morgan fingerprint density at radius 1 is 1.38 bits per heavy atom. The van der Waals surface area contributed by atoms with Gasteiger partial charge in [0, 0.05) is 5.39 Å². The van der Waals surface area contributed by atoms with Gasteiger partial charge in [-0.15, -0.1) is 11.3 Å². The summed E-state index contributed by atoms with van der Waals surface area (Å²) in [6.45, 7) is 1.84. The van der Waals surface area contributed by atoms with Gasteiger partial charge in [0.2, 0.25) is 0 Å². The predicted octanol–water partition coefficient (Wildman–Crippen LogP) is 1.76. The monoisotopic (exact) mass is 300 g/mol. The molecule has 8 nitrogen and oxygen atoms in total. The highest BCUT2D eigenvalue weighted by atomic mass is 32.1. The number of aromatic amines is 1. The SMILES string of the molecule is Cc1nn(-c2ncnc3nc[nH]c23)c2sc(C(=O)O)cc12. The van der Waals surface area contributed by atoms with Gasteiger partial charge in [0.05, 0.1) is 12.0 Å². The van der Waals surface area contributed by atoms with Crippen LogP contribution >= 0.6 is 11.3 Å². The second kappa shape index (κ2) is 4.09. The molecule has 0 saturated carbocycles. The summed E-state index contributed by atoms with van der Waals surface area (Å²) in [5.41, 5.74) is 1.95. The van der Waals surface area contributed by atoms with Crippen molar-refractivity contribution in [3.8, 4) is 5.82 Å². The van der Waals surface area contributed by atoms with Crippen LogP contribution in [0.3, 0.4) is 0 Å². The lowest BCUT2D eigenvalue weighted by atomic mass is 10.3. The van der Waals surface area contributed by atoms with Crippen molar-refractivity contribution in [2.24, 2.45) is 0 Å². The summed E-state index contributed by atoms with van der Waals surface area (Å²) in [7, 11) is 0. The zero-order valence-electron chi connectivity index (χ0n) is 10.7. The Hall–Kier alpha value is -2.81. The van der Waals surface area contributed by atoms with E-state index in [1.165, 1.54) is 24.0 Å². The normalized spacial score (nSPS) is 11.5. The number of nitrogens with one attached hydrogen (secondary N) is 1. The highest BCUT2D eigenvalue weighted by molar-refractivity contribution is 7.20. The maximum absolute atomic E-state index is 11.1. The number of hydrogen-bond acceptors (Lipinski definition) is 6. The molecule has 0 aliphatic carbocycles. The molecule has 0 atom stereocenters. The van der Waals surface area contributed by atoms with E-state index in [9.17, 15) is 4.79 Å². The van der Waals surface area contributed by atoms with Crippen molar-refractivity contribution in [2.75, 3.05) is 0 Å². The van der Waals surface area contributed by atoms with Crippen LogP contribution in [0, 0.1) is 6.92 Å². The first-order valence-corrected chi connectivity index (χ1v) is 6.83. The summed E-state index contributed by atoms with van der Waals surface area (Å²) < 4.78 is 1.63. The minimum Gasteiger partial charge on any atom is -0.477 e. The number of thiophene rings is 1. The van der Waals surface area contributed by atoms with E-state index >= 15 is 0 Å². The maximum Gasteiger partial charge on any atom is 0.345 e. The number of fused-ring (bicyclic) bond motifs is 2. The van der Waals surface area contributed by atoms with Crippen LogP contribution in [0.1, 0.15) is 15.4 Å². The number of carbonyl (C=O) groups is 1. The minimum atomic E-state index is -0.948. The summed E-state index contributed by atoms with van der Waals surface area (Å²) in [5.74, 6) is -0.397. The topological polar surface area (TPSA) is 110 Å². The number of aromatic nitrogens is 6. The van der Waals surface area contributed by atoms with Crippen molar-refractivity contribution in [2.45, 2.75) is 6.92 Å². The molecule has 4 rings (SSSR count). The van der Waals surface area contributed by atoms with Crippen LogP contribution in [-0.4, -0.2) is 40.8 Å².